The third kappa shape index (κ3) is 9.57. The normalized spacial score (nSPS) is 11.9. The Morgan fingerprint density at radius 3 is 1.55 bits per heavy atom. The van der Waals surface area contributed by atoms with Crippen molar-refractivity contribution < 1.29 is 9.59 Å². The van der Waals surface area contributed by atoms with E-state index in [1.807, 2.05) is 62.4 Å². The van der Waals surface area contributed by atoms with Gasteiger partial charge in [0.1, 0.15) is 0 Å². The average Bonchev–Trinajstić information content (AvgIpc) is 2.75. The third-order valence-corrected chi connectivity index (χ3v) is 5.48. The van der Waals surface area contributed by atoms with E-state index in [2.05, 4.69) is 52.9 Å². The number of benzene rings is 2. The van der Waals surface area contributed by atoms with Crippen LogP contribution in [0, 0.1) is 0 Å². The zero-order chi connectivity index (χ0) is 22.6. The lowest BCUT2D eigenvalue weighted by Gasteiger charge is -2.05. The largest absolute Gasteiger partial charge is 0.273 e. The van der Waals surface area contributed by atoms with Crippen LogP contribution in [0.5, 0.6) is 0 Å². The fourth-order valence-electron chi connectivity index (χ4n) is 2.71. The summed E-state index contributed by atoms with van der Waals surface area (Å²) in [5.41, 5.74) is 8.54. The van der Waals surface area contributed by atoms with E-state index in [4.69, 9.17) is 0 Å². The minimum Gasteiger partial charge on any atom is -0.273 e. The molecule has 0 bridgehead atoms. The smallest absolute Gasteiger partial charge is 0.240 e. The van der Waals surface area contributed by atoms with Gasteiger partial charge in [-0.25, -0.2) is 10.9 Å². The van der Waals surface area contributed by atoms with Crippen LogP contribution in [0.3, 0.4) is 0 Å². The van der Waals surface area contributed by atoms with Crippen molar-refractivity contribution in [2.45, 2.75) is 46.0 Å². The van der Waals surface area contributed by atoms with Gasteiger partial charge >= 0.3 is 0 Å². The quantitative estimate of drug-likeness (QED) is 0.231. The summed E-state index contributed by atoms with van der Waals surface area (Å²) >= 11 is 6.84. The summed E-state index contributed by atoms with van der Waals surface area (Å²) in [6.45, 7) is 3.70. The first-order valence-corrected chi connectivity index (χ1v) is 11.6. The molecular formula is C23H26Br2N4O2. The molecule has 0 atom stereocenters. The van der Waals surface area contributed by atoms with Gasteiger partial charge in [0.05, 0.1) is 11.4 Å². The summed E-state index contributed by atoms with van der Waals surface area (Å²) in [6.07, 6.45) is 2.92. The van der Waals surface area contributed by atoms with E-state index >= 15 is 0 Å². The van der Waals surface area contributed by atoms with Crippen LogP contribution in [0.25, 0.3) is 0 Å². The Balaban J connectivity index is 1.63. The molecule has 2 amide bonds. The van der Waals surface area contributed by atoms with Crippen LogP contribution in [0.1, 0.15) is 57.1 Å². The first-order valence-electron chi connectivity index (χ1n) is 10.0. The second-order valence-electron chi connectivity index (χ2n) is 7.05. The number of hydrogen-bond donors (Lipinski definition) is 2. The number of carbonyl (C=O) groups excluding carboxylic acids is 2. The molecule has 0 saturated heterocycles. The number of nitrogens with zero attached hydrogens (tertiary/aromatic N) is 2. The summed E-state index contributed by atoms with van der Waals surface area (Å²) in [4.78, 5) is 23.9. The predicted octanol–water partition coefficient (Wildman–Crippen LogP) is 5.54. The van der Waals surface area contributed by atoms with E-state index in [-0.39, 0.29) is 11.8 Å². The van der Waals surface area contributed by atoms with Crippen LogP contribution in [0.15, 0.2) is 67.7 Å². The molecule has 0 aliphatic heterocycles. The standard InChI is InChI=1S/C23H26Br2N4O2/c1-16(18-8-6-10-20(24)14-18)26-28-22(30)12-4-3-5-13-23(31)29-27-17(2)19-9-7-11-21(25)15-19/h6-11,14-15H,3-5,12-13H2,1-2H3,(H,28,30)(H,29,31)/b26-16+,27-17+. The molecule has 2 aromatic rings. The Hall–Kier alpha value is -2.32. The Morgan fingerprint density at radius 1 is 0.742 bits per heavy atom. The number of halogens is 2. The lowest BCUT2D eigenvalue weighted by molar-refractivity contribution is -0.121. The maximum Gasteiger partial charge on any atom is 0.240 e. The third-order valence-electron chi connectivity index (χ3n) is 4.49. The second kappa shape index (κ2) is 13.2. The van der Waals surface area contributed by atoms with Gasteiger partial charge in [-0.3, -0.25) is 9.59 Å². The summed E-state index contributed by atoms with van der Waals surface area (Å²) in [7, 11) is 0. The fourth-order valence-corrected chi connectivity index (χ4v) is 3.51. The molecule has 0 fully saturated rings. The summed E-state index contributed by atoms with van der Waals surface area (Å²) in [5.74, 6) is -0.263. The predicted molar refractivity (Wildman–Crippen MR) is 132 cm³/mol. The van der Waals surface area contributed by atoms with E-state index in [1.54, 1.807) is 0 Å². The van der Waals surface area contributed by atoms with Crippen LogP contribution < -0.4 is 10.9 Å². The van der Waals surface area contributed by atoms with E-state index in [9.17, 15) is 9.59 Å². The van der Waals surface area contributed by atoms with Crippen molar-refractivity contribution in [2.75, 3.05) is 0 Å². The van der Waals surface area contributed by atoms with Gasteiger partial charge in [-0.2, -0.15) is 10.2 Å². The molecule has 0 aromatic heterocycles. The number of hydrazone groups is 2. The van der Waals surface area contributed by atoms with Gasteiger partial charge in [0, 0.05) is 21.8 Å². The van der Waals surface area contributed by atoms with Crippen LogP contribution in [-0.2, 0) is 9.59 Å². The molecule has 31 heavy (non-hydrogen) atoms. The van der Waals surface area contributed by atoms with E-state index in [1.165, 1.54) is 0 Å². The van der Waals surface area contributed by atoms with Crippen LogP contribution in [-0.4, -0.2) is 23.2 Å². The highest BCUT2D eigenvalue weighted by Crippen LogP contribution is 2.13. The van der Waals surface area contributed by atoms with Gasteiger partial charge < -0.3 is 0 Å². The monoisotopic (exact) mass is 548 g/mol. The van der Waals surface area contributed by atoms with Crippen LogP contribution in [0.4, 0.5) is 0 Å². The molecule has 0 radical (unpaired) electrons. The molecule has 0 saturated carbocycles. The number of rotatable bonds is 10. The lowest BCUT2D eigenvalue weighted by atomic mass is 10.1. The zero-order valence-electron chi connectivity index (χ0n) is 17.6. The van der Waals surface area contributed by atoms with Gasteiger partial charge in [0.25, 0.3) is 0 Å². The molecule has 0 aliphatic carbocycles. The Bertz CT molecular complexity index is 896. The number of amides is 2. The Morgan fingerprint density at radius 2 is 1.16 bits per heavy atom. The molecule has 0 spiro atoms. The number of carbonyl (C=O) groups is 2. The highest BCUT2D eigenvalue weighted by molar-refractivity contribution is 9.10. The summed E-state index contributed by atoms with van der Waals surface area (Å²) in [5, 5.41) is 8.30. The Labute approximate surface area is 199 Å². The number of unbranched alkanes of at least 4 members (excludes halogenated alkanes) is 2. The topological polar surface area (TPSA) is 82.9 Å². The molecule has 2 aromatic carbocycles. The fraction of sp³-hybridized carbons (Fsp3) is 0.304. The van der Waals surface area contributed by atoms with Gasteiger partial charge in [0.2, 0.25) is 11.8 Å². The first-order chi connectivity index (χ1) is 14.8. The van der Waals surface area contributed by atoms with Crippen molar-refractivity contribution in [1.82, 2.24) is 10.9 Å². The second-order valence-corrected chi connectivity index (χ2v) is 8.88. The SMILES string of the molecule is C/C(=N\NC(=O)CCCCCC(=O)N/N=C(\C)c1cccc(Br)c1)c1cccc(Br)c1. The Kier molecular flexibility index (Phi) is 10.6. The maximum atomic E-state index is 12.0. The van der Waals surface area contributed by atoms with E-state index in [0.29, 0.717) is 25.7 Å². The van der Waals surface area contributed by atoms with Crippen molar-refractivity contribution in [2.24, 2.45) is 10.2 Å². The molecule has 2 N–H and O–H groups in total. The molecule has 164 valence electrons. The maximum absolute atomic E-state index is 12.0. The van der Waals surface area contributed by atoms with Crippen molar-refractivity contribution in [3.05, 3.63) is 68.6 Å². The molecule has 8 heteroatoms. The lowest BCUT2D eigenvalue weighted by Crippen LogP contribution is -2.19. The highest BCUT2D eigenvalue weighted by Gasteiger charge is 2.05. The van der Waals surface area contributed by atoms with Gasteiger partial charge in [-0.1, -0.05) is 62.5 Å². The van der Waals surface area contributed by atoms with Crippen molar-refractivity contribution >= 4 is 55.1 Å². The molecule has 0 heterocycles. The van der Waals surface area contributed by atoms with Crippen molar-refractivity contribution in [1.29, 1.82) is 0 Å². The van der Waals surface area contributed by atoms with E-state index < -0.39 is 0 Å². The number of hydrogen-bond acceptors (Lipinski definition) is 4. The number of nitrogens with one attached hydrogen (secondary N) is 2. The van der Waals surface area contributed by atoms with Gasteiger partial charge in [-0.05, 0) is 62.1 Å². The van der Waals surface area contributed by atoms with Gasteiger partial charge in [-0.15, -0.1) is 0 Å². The summed E-state index contributed by atoms with van der Waals surface area (Å²) in [6, 6.07) is 15.5. The van der Waals surface area contributed by atoms with Crippen LogP contribution >= 0.6 is 31.9 Å². The minimum absolute atomic E-state index is 0.131. The minimum atomic E-state index is -0.131. The van der Waals surface area contributed by atoms with Crippen molar-refractivity contribution in [3.8, 4) is 0 Å². The van der Waals surface area contributed by atoms with Gasteiger partial charge in [0.15, 0.2) is 0 Å². The first kappa shape index (κ1) is 24.9. The highest BCUT2D eigenvalue weighted by atomic mass is 79.9. The zero-order valence-corrected chi connectivity index (χ0v) is 20.8. The molecule has 0 unspecified atom stereocenters. The average molecular weight is 550 g/mol. The molecular weight excluding hydrogens is 524 g/mol. The summed E-state index contributed by atoms with van der Waals surface area (Å²) < 4.78 is 1.92. The molecule has 6 nitrogen and oxygen atoms in total. The molecule has 2 rings (SSSR count). The van der Waals surface area contributed by atoms with Crippen LogP contribution in [0.2, 0.25) is 0 Å². The van der Waals surface area contributed by atoms with E-state index in [0.717, 1.165) is 37.9 Å². The molecule has 0 aliphatic rings. The van der Waals surface area contributed by atoms with Crippen molar-refractivity contribution in [3.63, 3.8) is 0 Å².